The summed E-state index contributed by atoms with van der Waals surface area (Å²) in [6.45, 7) is 2.47. The zero-order valence-corrected chi connectivity index (χ0v) is 9.70. The molecule has 1 aliphatic heterocycles. The van der Waals surface area contributed by atoms with Crippen LogP contribution in [0.25, 0.3) is 0 Å². The van der Waals surface area contributed by atoms with Crippen LogP contribution in [0.1, 0.15) is 12.8 Å². The summed E-state index contributed by atoms with van der Waals surface area (Å²) in [7, 11) is 0. The number of rotatable bonds is 3. The van der Waals surface area contributed by atoms with Crippen molar-refractivity contribution in [3.63, 3.8) is 0 Å². The Bertz CT molecular complexity index is 355. The fraction of sp³-hybridized carbons (Fsp3) is 0.600. The van der Waals surface area contributed by atoms with E-state index in [1.807, 2.05) is 0 Å². The Kier molecular flexibility index (Phi) is 3.79. The zero-order chi connectivity index (χ0) is 11.4. The van der Waals surface area contributed by atoms with E-state index in [1.165, 1.54) is 12.6 Å². The van der Waals surface area contributed by atoms with Gasteiger partial charge in [0.05, 0.1) is 12.8 Å². The second-order valence-corrected chi connectivity index (χ2v) is 4.30. The second kappa shape index (κ2) is 5.32. The van der Waals surface area contributed by atoms with E-state index in [0.717, 1.165) is 26.2 Å². The van der Waals surface area contributed by atoms with Crippen LogP contribution in [-0.4, -0.2) is 29.7 Å². The molecule has 5 nitrogen and oxygen atoms in total. The first-order chi connectivity index (χ1) is 7.75. The second-order valence-electron chi connectivity index (χ2n) is 3.89. The Morgan fingerprint density at radius 2 is 2.50 bits per heavy atom. The lowest BCUT2D eigenvalue weighted by Crippen LogP contribution is -2.24. The molecule has 6 heteroatoms. The molecular formula is C10H15ClN4O. The standard InChI is InChI=1S/C10H15ClN4O/c11-8-5-14-10(12)15-9(8)13-4-7-2-1-3-16-6-7/h5,7H,1-4,6H2,(H3,12,13,14,15). The minimum Gasteiger partial charge on any atom is -0.381 e. The highest BCUT2D eigenvalue weighted by Gasteiger charge is 2.14. The van der Waals surface area contributed by atoms with Crippen LogP contribution in [0.4, 0.5) is 11.8 Å². The summed E-state index contributed by atoms with van der Waals surface area (Å²) in [5.41, 5.74) is 5.49. The molecule has 1 saturated heterocycles. The van der Waals surface area contributed by atoms with Gasteiger partial charge in [-0.3, -0.25) is 0 Å². The summed E-state index contributed by atoms with van der Waals surface area (Å²) in [4.78, 5) is 7.84. The summed E-state index contributed by atoms with van der Waals surface area (Å²) >= 11 is 5.94. The van der Waals surface area contributed by atoms with E-state index < -0.39 is 0 Å². The van der Waals surface area contributed by atoms with Crippen molar-refractivity contribution < 1.29 is 4.74 Å². The van der Waals surface area contributed by atoms with E-state index in [9.17, 15) is 0 Å². The molecule has 88 valence electrons. The maximum absolute atomic E-state index is 5.94. The Hall–Kier alpha value is -1.07. The van der Waals surface area contributed by atoms with E-state index >= 15 is 0 Å². The Balaban J connectivity index is 1.90. The van der Waals surface area contributed by atoms with Gasteiger partial charge in [-0.15, -0.1) is 0 Å². The predicted octanol–water partition coefficient (Wildman–Crippen LogP) is 1.55. The van der Waals surface area contributed by atoms with Crippen molar-refractivity contribution in [1.29, 1.82) is 0 Å². The number of aromatic nitrogens is 2. The molecule has 2 rings (SSSR count). The van der Waals surface area contributed by atoms with Gasteiger partial charge in [-0.1, -0.05) is 11.6 Å². The number of nitrogen functional groups attached to an aromatic ring is 1. The van der Waals surface area contributed by atoms with E-state index in [1.54, 1.807) is 0 Å². The molecule has 1 aliphatic rings. The number of halogens is 1. The average Bonchev–Trinajstić information content (AvgIpc) is 2.32. The SMILES string of the molecule is Nc1ncc(Cl)c(NCC2CCCOC2)n1. The van der Waals surface area contributed by atoms with Gasteiger partial charge >= 0.3 is 0 Å². The third kappa shape index (κ3) is 2.96. The largest absolute Gasteiger partial charge is 0.381 e. The molecule has 1 fully saturated rings. The minimum atomic E-state index is 0.229. The Labute approximate surface area is 99.4 Å². The summed E-state index contributed by atoms with van der Waals surface area (Å²) in [5.74, 6) is 1.34. The van der Waals surface area contributed by atoms with Crippen LogP contribution in [0.2, 0.25) is 5.02 Å². The van der Waals surface area contributed by atoms with E-state index in [-0.39, 0.29) is 5.95 Å². The predicted molar refractivity (Wildman–Crippen MR) is 63.5 cm³/mol. The minimum absolute atomic E-state index is 0.229. The lowest BCUT2D eigenvalue weighted by atomic mass is 10.0. The van der Waals surface area contributed by atoms with Crippen LogP contribution in [0, 0.1) is 5.92 Å². The van der Waals surface area contributed by atoms with Gasteiger partial charge in [0.1, 0.15) is 10.8 Å². The first kappa shape index (κ1) is 11.4. The number of hydrogen-bond acceptors (Lipinski definition) is 5. The van der Waals surface area contributed by atoms with Crippen molar-refractivity contribution >= 4 is 23.4 Å². The van der Waals surface area contributed by atoms with Gasteiger partial charge in [0.2, 0.25) is 5.95 Å². The third-order valence-electron chi connectivity index (χ3n) is 2.58. The normalized spacial score (nSPS) is 20.7. The molecule has 0 spiro atoms. The first-order valence-electron chi connectivity index (χ1n) is 5.35. The number of hydrogen-bond donors (Lipinski definition) is 2. The first-order valence-corrected chi connectivity index (χ1v) is 5.73. The number of nitrogens with two attached hydrogens (primary N) is 1. The van der Waals surface area contributed by atoms with E-state index in [4.69, 9.17) is 22.1 Å². The van der Waals surface area contributed by atoms with Crippen molar-refractivity contribution in [2.45, 2.75) is 12.8 Å². The summed E-state index contributed by atoms with van der Waals surface area (Å²) < 4.78 is 5.39. The third-order valence-corrected chi connectivity index (χ3v) is 2.85. The van der Waals surface area contributed by atoms with Crippen LogP contribution < -0.4 is 11.1 Å². The Morgan fingerprint density at radius 1 is 1.62 bits per heavy atom. The van der Waals surface area contributed by atoms with Gasteiger partial charge in [0.25, 0.3) is 0 Å². The van der Waals surface area contributed by atoms with Gasteiger partial charge in [0.15, 0.2) is 0 Å². The van der Waals surface area contributed by atoms with Gasteiger partial charge in [-0.05, 0) is 18.8 Å². The molecule has 0 aromatic carbocycles. The molecule has 0 aliphatic carbocycles. The number of nitrogens with zero attached hydrogens (tertiary/aromatic N) is 2. The monoisotopic (exact) mass is 242 g/mol. The molecule has 3 N–H and O–H groups in total. The molecule has 0 bridgehead atoms. The molecule has 1 aromatic heterocycles. The van der Waals surface area contributed by atoms with Gasteiger partial charge in [0, 0.05) is 13.2 Å². The van der Waals surface area contributed by atoms with Crippen LogP contribution in [-0.2, 0) is 4.74 Å². The van der Waals surface area contributed by atoms with Crippen LogP contribution in [0.5, 0.6) is 0 Å². The topological polar surface area (TPSA) is 73.1 Å². The molecule has 1 atom stereocenters. The number of anilines is 2. The average molecular weight is 243 g/mol. The number of nitrogens with one attached hydrogen (secondary N) is 1. The van der Waals surface area contributed by atoms with Crippen molar-refractivity contribution in [3.8, 4) is 0 Å². The number of ether oxygens (including phenoxy) is 1. The van der Waals surface area contributed by atoms with Gasteiger partial charge < -0.3 is 15.8 Å². The van der Waals surface area contributed by atoms with Crippen LogP contribution >= 0.6 is 11.6 Å². The molecule has 0 radical (unpaired) electrons. The summed E-state index contributed by atoms with van der Waals surface area (Å²) in [5, 5.41) is 3.67. The maximum Gasteiger partial charge on any atom is 0.222 e. The lowest BCUT2D eigenvalue weighted by molar-refractivity contribution is 0.0595. The molecule has 0 amide bonds. The highest BCUT2D eigenvalue weighted by molar-refractivity contribution is 6.32. The Morgan fingerprint density at radius 3 is 3.25 bits per heavy atom. The fourth-order valence-corrected chi connectivity index (χ4v) is 1.87. The van der Waals surface area contributed by atoms with E-state index in [2.05, 4.69) is 15.3 Å². The van der Waals surface area contributed by atoms with Crippen molar-refractivity contribution in [3.05, 3.63) is 11.2 Å². The van der Waals surface area contributed by atoms with Gasteiger partial charge in [-0.2, -0.15) is 4.98 Å². The molecule has 1 aromatic rings. The zero-order valence-electron chi connectivity index (χ0n) is 8.95. The van der Waals surface area contributed by atoms with Crippen LogP contribution in [0.3, 0.4) is 0 Å². The smallest absolute Gasteiger partial charge is 0.222 e. The van der Waals surface area contributed by atoms with Crippen molar-refractivity contribution in [1.82, 2.24) is 9.97 Å². The van der Waals surface area contributed by atoms with Crippen molar-refractivity contribution in [2.75, 3.05) is 30.8 Å². The summed E-state index contributed by atoms with van der Waals surface area (Å²) in [6, 6.07) is 0. The molecule has 1 unspecified atom stereocenters. The molecule has 2 heterocycles. The van der Waals surface area contributed by atoms with Crippen LogP contribution in [0.15, 0.2) is 6.20 Å². The maximum atomic E-state index is 5.94. The fourth-order valence-electron chi connectivity index (χ4n) is 1.71. The summed E-state index contributed by atoms with van der Waals surface area (Å²) in [6.07, 6.45) is 3.79. The highest BCUT2D eigenvalue weighted by atomic mass is 35.5. The van der Waals surface area contributed by atoms with Crippen molar-refractivity contribution in [2.24, 2.45) is 5.92 Å². The highest BCUT2D eigenvalue weighted by Crippen LogP contribution is 2.20. The van der Waals surface area contributed by atoms with Gasteiger partial charge in [-0.25, -0.2) is 4.98 Å². The lowest BCUT2D eigenvalue weighted by Gasteiger charge is -2.22. The van der Waals surface area contributed by atoms with E-state index in [0.29, 0.717) is 16.8 Å². The molecule has 0 saturated carbocycles. The molecule has 16 heavy (non-hydrogen) atoms. The molecular weight excluding hydrogens is 228 g/mol. The quantitative estimate of drug-likeness (QED) is 0.841.